The van der Waals surface area contributed by atoms with Gasteiger partial charge >= 0.3 is 30.1 Å². The van der Waals surface area contributed by atoms with Crippen LogP contribution < -0.4 is 15.4 Å². The first-order valence-electron chi connectivity index (χ1n) is 20.3. The van der Waals surface area contributed by atoms with Crippen LogP contribution in [0.1, 0.15) is 59.8 Å². The number of para-hydroxylation sites is 1. The fourth-order valence-electron chi connectivity index (χ4n) is 9.30. The van der Waals surface area contributed by atoms with Crippen LogP contribution in [0, 0.1) is 34.0 Å². The molecule has 8 atom stereocenters. The Labute approximate surface area is 346 Å². The lowest BCUT2D eigenvalue weighted by Gasteiger charge is -2.41. The molecule has 0 heterocycles. The van der Waals surface area contributed by atoms with Gasteiger partial charge < -0.3 is 48.5 Å². The first-order valence-corrected chi connectivity index (χ1v) is 20.3. The van der Waals surface area contributed by atoms with E-state index in [9.17, 15) is 24.0 Å². The number of carbonyl (C=O) groups excluding carboxylic acids is 5. The summed E-state index contributed by atoms with van der Waals surface area (Å²) in [6.45, 7) is 18.7. The normalized spacial score (nSPS) is 26.5. The molecule has 4 aliphatic rings. The lowest BCUT2D eigenvalue weighted by atomic mass is 9.66. The summed E-state index contributed by atoms with van der Waals surface area (Å²) in [6, 6.07) is 9.28. The minimum atomic E-state index is -0.870. The molecule has 4 fully saturated rings. The fraction of sp³-hybridized carbons (Fsp3) is 0.614. The SMILES string of the molecule is C=C(C)C(=O)OCCNC(=O)OC(COCC1(C)CCC2C(C1)C1CC23CC13COCC(COc1ccccc1)OC(=O)NCCOC(=O)C(=C)C)COC(=O)C(=C)C. The third-order valence-electron chi connectivity index (χ3n) is 12.1. The molecular weight excluding hydrogens is 764 g/mol. The zero-order chi connectivity index (χ0) is 42.8. The topological polar surface area (TPSA) is 183 Å². The van der Waals surface area contributed by atoms with E-state index >= 15 is 0 Å². The Kier molecular flexibility index (Phi) is 15.3. The number of fused-ring (bicyclic) bond motifs is 2. The highest BCUT2D eigenvalue weighted by Gasteiger charge is 2.88. The first-order chi connectivity index (χ1) is 28.1. The van der Waals surface area contributed by atoms with E-state index in [4.69, 9.17) is 37.9 Å². The van der Waals surface area contributed by atoms with Crippen molar-refractivity contribution in [1.82, 2.24) is 10.6 Å². The Bertz CT molecular complexity index is 1730. The lowest BCUT2D eigenvalue weighted by molar-refractivity contribution is -0.143. The van der Waals surface area contributed by atoms with Crippen LogP contribution in [0.15, 0.2) is 66.8 Å². The number of alkyl carbamates (subject to hydrolysis) is 2. The number of amides is 2. The number of ether oxygens (including phenoxy) is 8. The number of rotatable bonds is 24. The maximum absolute atomic E-state index is 12.7. The molecule has 0 spiro atoms. The summed E-state index contributed by atoms with van der Waals surface area (Å²) < 4.78 is 45.0. The highest BCUT2D eigenvalue weighted by atomic mass is 16.6. The number of nitrogens with one attached hydrogen (secondary N) is 2. The van der Waals surface area contributed by atoms with Gasteiger partial charge in [0.05, 0.1) is 39.5 Å². The van der Waals surface area contributed by atoms with Gasteiger partial charge in [-0.2, -0.15) is 0 Å². The van der Waals surface area contributed by atoms with E-state index in [-0.39, 0.29) is 80.3 Å². The monoisotopic (exact) mass is 824 g/mol. The highest BCUT2D eigenvalue weighted by molar-refractivity contribution is 5.87. The van der Waals surface area contributed by atoms with Gasteiger partial charge in [-0.15, -0.1) is 0 Å². The van der Waals surface area contributed by atoms with Crippen LogP contribution in [0.2, 0.25) is 0 Å². The smallest absolute Gasteiger partial charge is 0.407 e. The minimum Gasteiger partial charge on any atom is -0.490 e. The predicted molar refractivity (Wildman–Crippen MR) is 214 cm³/mol. The number of hydrogen-bond donors (Lipinski definition) is 2. The average Bonchev–Trinajstić information content (AvgIpc) is 3.42. The van der Waals surface area contributed by atoms with Crippen LogP contribution in [-0.4, -0.2) is 108 Å². The molecule has 0 radical (unpaired) electrons. The molecule has 4 saturated carbocycles. The van der Waals surface area contributed by atoms with E-state index in [1.165, 1.54) is 20.3 Å². The van der Waals surface area contributed by atoms with Crippen molar-refractivity contribution in [2.75, 3.05) is 65.9 Å². The van der Waals surface area contributed by atoms with Crippen molar-refractivity contribution in [3.63, 3.8) is 0 Å². The Morgan fingerprint density at radius 1 is 0.712 bits per heavy atom. The summed E-state index contributed by atoms with van der Waals surface area (Å²) in [5.41, 5.74) is 1.07. The van der Waals surface area contributed by atoms with Gasteiger partial charge in [0.25, 0.3) is 0 Å². The molecule has 1 aromatic carbocycles. The van der Waals surface area contributed by atoms with E-state index in [1.54, 1.807) is 6.92 Å². The quantitative estimate of drug-likeness (QED) is 0.0579. The minimum absolute atomic E-state index is 0.0123. The first kappa shape index (κ1) is 45.2. The van der Waals surface area contributed by atoms with Crippen LogP contribution in [-0.2, 0) is 47.5 Å². The molecule has 2 N–H and O–H groups in total. The zero-order valence-corrected chi connectivity index (χ0v) is 34.8. The standard InChI is InChI=1S/C44H60N2O13/c1-28(2)37(47)54-17-15-45-40(50)58-32(23-56-31-11-9-8-10-12-31)22-53-27-44-25-43(44)20-36(44)34-19-42(7,14-13-35(34)43)26-52-21-33(24-57-39(49)30(5)6)59-41(51)46-16-18-55-38(48)29(3)4/h8-12,32-36H,1,3,5,13-27H2,2,4,6-7H3,(H,45,50)(H,46,51). The summed E-state index contributed by atoms with van der Waals surface area (Å²) in [5, 5.41) is 5.14. The van der Waals surface area contributed by atoms with Crippen LogP contribution >= 0.6 is 0 Å². The molecule has 2 bridgehead atoms. The Morgan fingerprint density at radius 2 is 1.25 bits per heavy atom. The van der Waals surface area contributed by atoms with E-state index in [2.05, 4.69) is 37.3 Å². The van der Waals surface area contributed by atoms with Gasteiger partial charge in [0.15, 0.2) is 12.2 Å². The van der Waals surface area contributed by atoms with Crippen molar-refractivity contribution in [2.24, 2.45) is 34.0 Å². The highest BCUT2D eigenvalue weighted by Crippen LogP contribution is 2.93. The molecule has 5 rings (SSSR count). The molecule has 59 heavy (non-hydrogen) atoms. The Balaban J connectivity index is 1.09. The van der Waals surface area contributed by atoms with E-state index in [0.29, 0.717) is 42.1 Å². The molecule has 324 valence electrons. The van der Waals surface area contributed by atoms with Crippen LogP contribution in [0.4, 0.5) is 9.59 Å². The van der Waals surface area contributed by atoms with Gasteiger partial charge in [0, 0.05) is 22.1 Å². The van der Waals surface area contributed by atoms with Crippen molar-refractivity contribution in [3.05, 3.63) is 66.8 Å². The van der Waals surface area contributed by atoms with Crippen LogP contribution in [0.3, 0.4) is 0 Å². The molecule has 2 amide bonds. The summed E-state index contributed by atoms with van der Waals surface area (Å²) in [5.74, 6) is 0.666. The average molecular weight is 825 g/mol. The summed E-state index contributed by atoms with van der Waals surface area (Å²) in [7, 11) is 0. The summed E-state index contributed by atoms with van der Waals surface area (Å²) in [4.78, 5) is 60.6. The maximum Gasteiger partial charge on any atom is 0.407 e. The van der Waals surface area contributed by atoms with Gasteiger partial charge in [0.1, 0.15) is 32.2 Å². The molecule has 4 aliphatic carbocycles. The second kappa shape index (κ2) is 19.9. The van der Waals surface area contributed by atoms with Crippen molar-refractivity contribution in [2.45, 2.75) is 72.0 Å². The van der Waals surface area contributed by atoms with Crippen molar-refractivity contribution in [1.29, 1.82) is 0 Å². The second-order valence-electron chi connectivity index (χ2n) is 16.9. The number of carbonyl (C=O) groups is 5. The van der Waals surface area contributed by atoms with Crippen molar-refractivity contribution < 1.29 is 61.9 Å². The van der Waals surface area contributed by atoms with Crippen LogP contribution in [0.25, 0.3) is 0 Å². The number of hydrogen-bond acceptors (Lipinski definition) is 13. The fourth-order valence-corrected chi connectivity index (χ4v) is 9.30. The molecule has 0 saturated heterocycles. The molecule has 15 heteroatoms. The molecule has 1 aromatic rings. The Hall–Kier alpha value is -4.89. The maximum atomic E-state index is 12.7. The molecule has 0 aliphatic heterocycles. The molecule has 8 unspecified atom stereocenters. The van der Waals surface area contributed by atoms with E-state index in [1.807, 2.05) is 30.3 Å². The number of benzene rings is 1. The summed E-state index contributed by atoms with van der Waals surface area (Å²) in [6.07, 6.45) is 2.47. The predicted octanol–water partition coefficient (Wildman–Crippen LogP) is 5.48. The van der Waals surface area contributed by atoms with Gasteiger partial charge in [-0.05, 0) is 93.6 Å². The van der Waals surface area contributed by atoms with Gasteiger partial charge in [-0.1, -0.05) is 44.9 Å². The largest absolute Gasteiger partial charge is 0.490 e. The Morgan fingerprint density at radius 3 is 1.83 bits per heavy atom. The van der Waals surface area contributed by atoms with Gasteiger partial charge in [-0.3, -0.25) is 0 Å². The second-order valence-corrected chi connectivity index (χ2v) is 16.9. The van der Waals surface area contributed by atoms with E-state index < -0.39 is 42.3 Å². The summed E-state index contributed by atoms with van der Waals surface area (Å²) >= 11 is 0. The third-order valence-corrected chi connectivity index (χ3v) is 12.1. The molecular formula is C44H60N2O13. The van der Waals surface area contributed by atoms with Crippen molar-refractivity contribution >= 4 is 30.1 Å². The number of esters is 3. The van der Waals surface area contributed by atoms with Crippen LogP contribution in [0.5, 0.6) is 5.75 Å². The van der Waals surface area contributed by atoms with Gasteiger partial charge in [0.2, 0.25) is 0 Å². The van der Waals surface area contributed by atoms with Gasteiger partial charge in [-0.25, -0.2) is 24.0 Å². The third kappa shape index (κ3) is 11.4. The van der Waals surface area contributed by atoms with Crippen molar-refractivity contribution in [3.8, 4) is 5.75 Å². The molecule has 15 nitrogen and oxygen atoms in total. The zero-order valence-electron chi connectivity index (χ0n) is 34.8. The molecule has 0 aromatic heterocycles. The lowest BCUT2D eigenvalue weighted by Crippen LogP contribution is -2.39. The van der Waals surface area contributed by atoms with E-state index in [0.717, 1.165) is 25.7 Å².